The molecule has 166 valence electrons. The smallest absolute Gasteiger partial charge is 0.254 e. The minimum Gasteiger partial charge on any atom is -0.307 e. The van der Waals surface area contributed by atoms with E-state index < -0.39 is 17.7 Å². The monoisotopic (exact) mass is 444 g/mol. The zero-order valence-corrected chi connectivity index (χ0v) is 18.5. The number of halogens is 2. The van der Waals surface area contributed by atoms with Gasteiger partial charge in [-0.25, -0.2) is 13.8 Å². The lowest BCUT2D eigenvalue weighted by atomic mass is 10.0. The summed E-state index contributed by atoms with van der Waals surface area (Å²) in [5.41, 5.74) is 4.40. The topological polar surface area (TPSA) is 63.6 Å². The van der Waals surface area contributed by atoms with Gasteiger partial charge in [0.15, 0.2) is 0 Å². The number of aryl methyl sites for hydroxylation is 2. The van der Waals surface area contributed by atoms with Crippen LogP contribution in [-0.4, -0.2) is 14.1 Å². The molecule has 0 amide bonds. The van der Waals surface area contributed by atoms with Gasteiger partial charge >= 0.3 is 0 Å². The first-order chi connectivity index (χ1) is 15.8. The van der Waals surface area contributed by atoms with Crippen molar-refractivity contribution in [1.82, 2.24) is 14.1 Å². The second-order valence-corrected chi connectivity index (χ2v) is 8.14. The largest absolute Gasteiger partial charge is 0.307 e. The fourth-order valence-corrected chi connectivity index (χ4v) is 4.02. The van der Waals surface area contributed by atoms with E-state index >= 15 is 0 Å². The van der Waals surface area contributed by atoms with Crippen molar-refractivity contribution in [2.45, 2.75) is 33.2 Å². The second kappa shape index (κ2) is 8.83. The van der Waals surface area contributed by atoms with Crippen LogP contribution in [0.5, 0.6) is 0 Å². The number of hydrogen-bond acceptors (Lipinski definition) is 3. The summed E-state index contributed by atoms with van der Waals surface area (Å²) in [4.78, 5) is 17.5. The summed E-state index contributed by atoms with van der Waals surface area (Å²) in [5, 5.41) is 9.50. The Balaban J connectivity index is 1.71. The van der Waals surface area contributed by atoms with Crippen LogP contribution in [0.25, 0.3) is 5.69 Å². The molecule has 0 N–H and O–H groups in total. The molecule has 5 nitrogen and oxygen atoms in total. The molecule has 0 aliphatic heterocycles. The van der Waals surface area contributed by atoms with Crippen molar-refractivity contribution in [2.75, 3.05) is 0 Å². The third-order valence-corrected chi connectivity index (χ3v) is 5.72. The highest BCUT2D eigenvalue weighted by Crippen LogP contribution is 2.22. The maximum atomic E-state index is 14.3. The molecule has 33 heavy (non-hydrogen) atoms. The summed E-state index contributed by atoms with van der Waals surface area (Å²) in [6.45, 7) is 5.55. The predicted octanol–water partition coefficient (Wildman–Crippen LogP) is 5.00. The van der Waals surface area contributed by atoms with E-state index in [-0.39, 0.29) is 11.1 Å². The number of benzene rings is 2. The quantitative estimate of drug-likeness (QED) is 0.435. The van der Waals surface area contributed by atoms with Crippen molar-refractivity contribution in [3.05, 3.63) is 117 Å². The van der Waals surface area contributed by atoms with E-state index in [1.807, 2.05) is 42.8 Å². The highest BCUT2D eigenvalue weighted by molar-refractivity contribution is 5.44. The number of hydrogen-bond donors (Lipinski definition) is 0. The van der Waals surface area contributed by atoms with Crippen molar-refractivity contribution in [3.63, 3.8) is 0 Å². The first-order valence-corrected chi connectivity index (χ1v) is 10.5. The molecule has 0 aliphatic carbocycles. The first kappa shape index (κ1) is 22.2. The normalized spacial score (nSPS) is 11.9. The Labute approximate surface area is 190 Å². The van der Waals surface area contributed by atoms with Gasteiger partial charge in [-0.15, -0.1) is 0 Å². The van der Waals surface area contributed by atoms with Gasteiger partial charge in [-0.05, 0) is 50.1 Å². The van der Waals surface area contributed by atoms with E-state index in [0.29, 0.717) is 17.5 Å². The molecule has 0 saturated heterocycles. The van der Waals surface area contributed by atoms with Gasteiger partial charge in [0.25, 0.3) is 5.56 Å². The van der Waals surface area contributed by atoms with Crippen molar-refractivity contribution in [1.29, 1.82) is 5.26 Å². The van der Waals surface area contributed by atoms with Gasteiger partial charge in [-0.1, -0.05) is 18.2 Å². The maximum absolute atomic E-state index is 14.3. The Hall–Kier alpha value is -4.05. The first-order valence-electron chi connectivity index (χ1n) is 10.5. The lowest BCUT2D eigenvalue weighted by Crippen LogP contribution is -2.27. The molecule has 7 heteroatoms. The van der Waals surface area contributed by atoms with Crippen LogP contribution in [0.1, 0.15) is 46.5 Å². The molecule has 2 aromatic carbocycles. The van der Waals surface area contributed by atoms with Crippen LogP contribution in [0.15, 0.2) is 66.0 Å². The van der Waals surface area contributed by atoms with Crippen molar-refractivity contribution >= 4 is 0 Å². The number of nitriles is 1. The van der Waals surface area contributed by atoms with Crippen LogP contribution in [0, 0.1) is 36.8 Å². The third-order valence-electron chi connectivity index (χ3n) is 5.72. The van der Waals surface area contributed by atoms with Gasteiger partial charge < -0.3 is 9.13 Å². The molecule has 0 unspecified atom stereocenters. The molecule has 4 rings (SSSR count). The van der Waals surface area contributed by atoms with Gasteiger partial charge in [0.1, 0.15) is 17.7 Å². The molecule has 0 radical (unpaired) electrons. The molecule has 0 spiro atoms. The number of imidazole rings is 1. The molecule has 0 fully saturated rings. The van der Waals surface area contributed by atoms with Crippen molar-refractivity contribution in [3.8, 4) is 11.8 Å². The van der Waals surface area contributed by atoms with Gasteiger partial charge in [-0.2, -0.15) is 5.26 Å². The van der Waals surface area contributed by atoms with Crippen LogP contribution in [0.2, 0.25) is 0 Å². The zero-order chi connectivity index (χ0) is 23.7. The van der Waals surface area contributed by atoms with E-state index in [0.717, 1.165) is 34.6 Å². The van der Waals surface area contributed by atoms with Crippen LogP contribution < -0.4 is 5.56 Å². The van der Waals surface area contributed by atoms with E-state index in [2.05, 4.69) is 11.1 Å². The Morgan fingerprint density at radius 1 is 1.09 bits per heavy atom. The van der Waals surface area contributed by atoms with Gasteiger partial charge in [0.2, 0.25) is 0 Å². The minimum absolute atomic E-state index is 0.176. The standard InChI is InChI=1S/C26H22F2N4O/c1-16-8-19(4-7-25(16)31-13-17(2)30-15-31)9-21-10-20(12-29)14-32(26(21)33)18(3)23-6-5-22(27)11-24(23)28/h4-8,10-11,13-15,18H,9H2,1-3H3/t18-/m0/s1. The van der Waals surface area contributed by atoms with Gasteiger partial charge in [0.05, 0.1) is 23.6 Å². The van der Waals surface area contributed by atoms with Crippen LogP contribution in [0.4, 0.5) is 8.78 Å². The Morgan fingerprint density at radius 3 is 2.52 bits per heavy atom. The Bertz CT molecular complexity index is 1450. The molecule has 0 bridgehead atoms. The molecular weight excluding hydrogens is 422 g/mol. The van der Waals surface area contributed by atoms with Crippen molar-refractivity contribution < 1.29 is 8.78 Å². The van der Waals surface area contributed by atoms with E-state index in [1.165, 1.54) is 16.8 Å². The molecule has 0 saturated carbocycles. The summed E-state index contributed by atoms with van der Waals surface area (Å²) in [5.74, 6) is -1.42. The van der Waals surface area contributed by atoms with Gasteiger partial charge in [0, 0.05) is 41.7 Å². The summed E-state index contributed by atoms with van der Waals surface area (Å²) >= 11 is 0. The highest BCUT2D eigenvalue weighted by atomic mass is 19.1. The number of aromatic nitrogens is 3. The Kier molecular flexibility index (Phi) is 5.93. The summed E-state index contributed by atoms with van der Waals surface area (Å²) < 4.78 is 31.0. The molecule has 0 aliphatic rings. The number of nitrogens with zero attached hydrogens (tertiary/aromatic N) is 4. The third kappa shape index (κ3) is 4.46. The minimum atomic E-state index is -0.737. The predicted molar refractivity (Wildman–Crippen MR) is 121 cm³/mol. The SMILES string of the molecule is Cc1cn(-c2ccc(Cc3cc(C#N)cn([C@@H](C)c4ccc(F)cc4F)c3=O)cc2C)cn1. The number of rotatable bonds is 5. The zero-order valence-electron chi connectivity index (χ0n) is 18.5. The fraction of sp³-hybridized carbons (Fsp3) is 0.192. The van der Waals surface area contributed by atoms with E-state index in [9.17, 15) is 18.8 Å². The Morgan fingerprint density at radius 2 is 1.88 bits per heavy atom. The number of pyridine rings is 1. The van der Waals surface area contributed by atoms with Gasteiger partial charge in [-0.3, -0.25) is 4.79 Å². The average molecular weight is 444 g/mol. The molecule has 4 aromatic rings. The molecule has 1 atom stereocenters. The van der Waals surface area contributed by atoms with Crippen molar-refractivity contribution in [2.24, 2.45) is 0 Å². The fourth-order valence-electron chi connectivity index (χ4n) is 4.02. The average Bonchev–Trinajstić information content (AvgIpc) is 3.20. The maximum Gasteiger partial charge on any atom is 0.254 e. The van der Waals surface area contributed by atoms with Crippen LogP contribution >= 0.6 is 0 Å². The highest BCUT2D eigenvalue weighted by Gasteiger charge is 2.18. The lowest BCUT2D eigenvalue weighted by molar-refractivity contribution is 0.530. The molecule has 2 aromatic heterocycles. The van der Waals surface area contributed by atoms with Crippen LogP contribution in [-0.2, 0) is 6.42 Å². The summed E-state index contributed by atoms with van der Waals surface area (Å²) in [7, 11) is 0. The lowest BCUT2D eigenvalue weighted by Gasteiger charge is -2.18. The second-order valence-electron chi connectivity index (χ2n) is 8.14. The molecule has 2 heterocycles. The molecular formula is C26H22F2N4O. The van der Waals surface area contributed by atoms with Crippen LogP contribution in [0.3, 0.4) is 0 Å². The summed E-state index contributed by atoms with van der Waals surface area (Å²) in [6.07, 6.45) is 5.42. The van der Waals surface area contributed by atoms with E-state index in [4.69, 9.17) is 0 Å². The summed E-state index contributed by atoms with van der Waals surface area (Å²) in [6, 6.07) is 12.1. The van der Waals surface area contributed by atoms with E-state index in [1.54, 1.807) is 19.3 Å².